The Hall–Kier alpha value is -2.25. The lowest BCUT2D eigenvalue weighted by Crippen LogP contribution is -2.17. The predicted molar refractivity (Wildman–Crippen MR) is 122 cm³/mol. The van der Waals surface area contributed by atoms with Gasteiger partial charge in [0.15, 0.2) is 0 Å². The zero-order valence-corrected chi connectivity index (χ0v) is 18.8. The molecular formula is C21H17Cl3N2O3S. The van der Waals surface area contributed by atoms with Crippen molar-refractivity contribution in [1.82, 2.24) is 0 Å². The van der Waals surface area contributed by atoms with E-state index in [9.17, 15) is 13.2 Å². The molecule has 0 aliphatic carbocycles. The van der Waals surface area contributed by atoms with Gasteiger partial charge in [-0.3, -0.25) is 9.52 Å². The molecule has 3 aromatic rings. The van der Waals surface area contributed by atoms with Gasteiger partial charge in [0, 0.05) is 20.8 Å². The summed E-state index contributed by atoms with van der Waals surface area (Å²) in [4.78, 5) is 12.5. The largest absolute Gasteiger partial charge is 0.326 e. The fraction of sp³-hybridized carbons (Fsp3) is 0.0952. The molecule has 30 heavy (non-hydrogen) atoms. The molecule has 0 heterocycles. The number of rotatable bonds is 6. The van der Waals surface area contributed by atoms with Crippen LogP contribution in [0.15, 0.2) is 65.6 Å². The van der Waals surface area contributed by atoms with Gasteiger partial charge in [0.05, 0.1) is 17.0 Å². The van der Waals surface area contributed by atoms with Crippen LogP contribution in [0.4, 0.5) is 11.4 Å². The fourth-order valence-electron chi connectivity index (χ4n) is 2.77. The second-order valence-electron chi connectivity index (χ2n) is 6.56. The van der Waals surface area contributed by atoms with Gasteiger partial charge in [0.25, 0.3) is 10.0 Å². The van der Waals surface area contributed by atoms with Crippen molar-refractivity contribution in [2.24, 2.45) is 0 Å². The summed E-state index contributed by atoms with van der Waals surface area (Å²) >= 11 is 17.9. The van der Waals surface area contributed by atoms with Crippen molar-refractivity contribution >= 4 is 62.1 Å². The molecule has 0 aliphatic heterocycles. The molecule has 0 saturated carbocycles. The first-order valence-corrected chi connectivity index (χ1v) is 11.4. The van der Waals surface area contributed by atoms with Crippen molar-refractivity contribution in [2.75, 3.05) is 10.0 Å². The molecule has 0 radical (unpaired) electrons. The Morgan fingerprint density at radius 1 is 0.900 bits per heavy atom. The number of nitrogens with one attached hydrogen (secondary N) is 2. The predicted octanol–water partition coefficient (Wildman–Crippen LogP) is 5.94. The van der Waals surface area contributed by atoms with E-state index in [0.29, 0.717) is 37.6 Å². The number of anilines is 2. The third-order valence-corrected chi connectivity index (χ3v) is 6.55. The molecule has 0 bridgehead atoms. The van der Waals surface area contributed by atoms with Crippen LogP contribution in [0.25, 0.3) is 0 Å². The normalized spacial score (nSPS) is 11.2. The van der Waals surface area contributed by atoms with Gasteiger partial charge in [-0.25, -0.2) is 8.42 Å². The minimum Gasteiger partial charge on any atom is -0.326 e. The Bertz CT molecular complexity index is 1210. The second kappa shape index (κ2) is 9.27. The highest BCUT2D eigenvalue weighted by atomic mass is 35.5. The quantitative estimate of drug-likeness (QED) is 0.456. The third-order valence-electron chi connectivity index (χ3n) is 4.20. The maximum Gasteiger partial charge on any atom is 0.262 e. The molecule has 156 valence electrons. The summed E-state index contributed by atoms with van der Waals surface area (Å²) in [6, 6.07) is 15.9. The lowest BCUT2D eigenvalue weighted by atomic mass is 10.1. The number of benzene rings is 3. The fourth-order valence-corrected chi connectivity index (χ4v) is 4.76. The van der Waals surface area contributed by atoms with Crippen molar-refractivity contribution in [2.45, 2.75) is 18.2 Å². The van der Waals surface area contributed by atoms with Crippen molar-refractivity contribution < 1.29 is 13.2 Å². The Labute approximate surface area is 190 Å². The van der Waals surface area contributed by atoms with Crippen molar-refractivity contribution in [3.05, 3.63) is 86.9 Å². The summed E-state index contributed by atoms with van der Waals surface area (Å²) in [5.74, 6) is -0.339. The van der Waals surface area contributed by atoms with Crippen LogP contribution in [0.2, 0.25) is 15.1 Å². The van der Waals surface area contributed by atoms with Crippen LogP contribution in [-0.2, 0) is 21.2 Å². The van der Waals surface area contributed by atoms with E-state index >= 15 is 0 Å². The summed E-state index contributed by atoms with van der Waals surface area (Å²) in [5.41, 5.74) is 1.83. The minimum absolute atomic E-state index is 0.0206. The molecule has 0 aromatic heterocycles. The van der Waals surface area contributed by atoms with Gasteiger partial charge in [-0.15, -0.1) is 0 Å². The van der Waals surface area contributed by atoms with Gasteiger partial charge >= 0.3 is 0 Å². The van der Waals surface area contributed by atoms with E-state index in [-0.39, 0.29) is 17.2 Å². The summed E-state index contributed by atoms with van der Waals surface area (Å²) in [5, 5.41) is 3.97. The molecule has 0 unspecified atom stereocenters. The monoisotopic (exact) mass is 482 g/mol. The number of carbonyl (C=O) groups excluding carboxylic acids is 1. The number of hydrogen-bond acceptors (Lipinski definition) is 3. The van der Waals surface area contributed by atoms with Crippen LogP contribution in [0.1, 0.15) is 11.1 Å². The summed E-state index contributed by atoms with van der Waals surface area (Å²) in [6.07, 6.45) is 0.0206. The molecule has 0 atom stereocenters. The zero-order valence-electron chi connectivity index (χ0n) is 15.7. The first-order chi connectivity index (χ1) is 14.1. The summed E-state index contributed by atoms with van der Waals surface area (Å²) in [6.45, 7) is 1.67. The molecular weight excluding hydrogens is 467 g/mol. The maximum atomic E-state index is 12.8. The lowest BCUT2D eigenvalue weighted by molar-refractivity contribution is -0.115. The highest BCUT2D eigenvalue weighted by Gasteiger charge is 2.18. The van der Waals surface area contributed by atoms with E-state index in [2.05, 4.69) is 10.0 Å². The van der Waals surface area contributed by atoms with Crippen molar-refractivity contribution in [3.8, 4) is 0 Å². The van der Waals surface area contributed by atoms with E-state index in [1.165, 1.54) is 12.1 Å². The molecule has 2 N–H and O–H groups in total. The van der Waals surface area contributed by atoms with Crippen LogP contribution in [0, 0.1) is 6.92 Å². The molecule has 1 amide bonds. The Kier molecular flexibility index (Phi) is 6.93. The van der Waals surface area contributed by atoms with Crippen LogP contribution >= 0.6 is 34.8 Å². The van der Waals surface area contributed by atoms with Crippen LogP contribution in [-0.4, -0.2) is 14.3 Å². The number of carbonyl (C=O) groups is 1. The Balaban J connectivity index is 1.79. The van der Waals surface area contributed by atoms with Crippen LogP contribution < -0.4 is 10.0 Å². The Morgan fingerprint density at radius 3 is 2.33 bits per heavy atom. The van der Waals surface area contributed by atoms with E-state index in [0.717, 1.165) is 0 Å². The molecule has 0 saturated heterocycles. The second-order valence-corrected chi connectivity index (χ2v) is 9.49. The maximum absolute atomic E-state index is 12.8. The van der Waals surface area contributed by atoms with Crippen LogP contribution in [0.5, 0.6) is 0 Å². The van der Waals surface area contributed by atoms with Gasteiger partial charge in [-0.2, -0.15) is 0 Å². The molecule has 0 aliphatic rings. The molecule has 3 aromatic carbocycles. The van der Waals surface area contributed by atoms with E-state index in [1.54, 1.807) is 55.5 Å². The van der Waals surface area contributed by atoms with Crippen LogP contribution in [0.3, 0.4) is 0 Å². The van der Waals surface area contributed by atoms with Gasteiger partial charge in [0.1, 0.15) is 0 Å². The first kappa shape index (κ1) is 22.4. The number of halogens is 3. The van der Waals surface area contributed by atoms with Gasteiger partial charge in [-0.05, 0) is 60.5 Å². The van der Waals surface area contributed by atoms with Crippen molar-refractivity contribution in [3.63, 3.8) is 0 Å². The highest BCUT2D eigenvalue weighted by molar-refractivity contribution is 7.92. The average Bonchev–Trinajstić information content (AvgIpc) is 2.65. The molecule has 0 spiro atoms. The number of amides is 1. The molecule has 5 nitrogen and oxygen atoms in total. The SMILES string of the molecule is Cc1ccc(NC(=O)Cc2ccc(Cl)cc2Cl)cc1S(=O)(=O)Nc1cccc(Cl)c1. The summed E-state index contributed by atoms with van der Waals surface area (Å²) in [7, 11) is -3.89. The van der Waals surface area contributed by atoms with Gasteiger partial charge in [-0.1, -0.05) is 53.0 Å². The number of sulfonamides is 1. The zero-order chi connectivity index (χ0) is 21.9. The minimum atomic E-state index is -3.89. The standard InChI is InChI=1S/C21H17Cl3N2O3S/c1-13-5-8-17(25-21(27)9-14-6-7-16(23)11-19(14)24)12-20(13)30(28,29)26-18-4-2-3-15(22)10-18/h2-8,10-12,26H,9H2,1H3,(H,25,27). The Morgan fingerprint density at radius 2 is 1.63 bits per heavy atom. The molecule has 3 rings (SSSR count). The smallest absolute Gasteiger partial charge is 0.262 e. The topological polar surface area (TPSA) is 75.3 Å². The first-order valence-electron chi connectivity index (χ1n) is 8.77. The molecule has 0 fully saturated rings. The number of aryl methyl sites for hydroxylation is 1. The summed E-state index contributed by atoms with van der Waals surface area (Å²) < 4.78 is 28.2. The highest BCUT2D eigenvalue weighted by Crippen LogP contribution is 2.25. The third kappa shape index (κ3) is 5.67. The van der Waals surface area contributed by atoms with E-state index < -0.39 is 10.0 Å². The van der Waals surface area contributed by atoms with E-state index in [4.69, 9.17) is 34.8 Å². The number of hydrogen-bond donors (Lipinski definition) is 2. The van der Waals surface area contributed by atoms with Crippen molar-refractivity contribution in [1.29, 1.82) is 0 Å². The average molecular weight is 484 g/mol. The van der Waals surface area contributed by atoms with E-state index in [1.807, 2.05) is 0 Å². The lowest BCUT2D eigenvalue weighted by Gasteiger charge is -2.13. The van der Waals surface area contributed by atoms with Gasteiger partial charge < -0.3 is 5.32 Å². The molecule has 9 heteroatoms. The van der Waals surface area contributed by atoms with Gasteiger partial charge in [0.2, 0.25) is 5.91 Å².